The van der Waals surface area contributed by atoms with Gasteiger partial charge in [-0.25, -0.2) is 0 Å². The Balaban J connectivity index is -0.0000000150. The molecule has 0 saturated carbocycles. The van der Waals surface area contributed by atoms with Gasteiger partial charge in [0.15, 0.2) is 0 Å². The van der Waals surface area contributed by atoms with Crippen LogP contribution in [0.5, 0.6) is 0 Å². The van der Waals surface area contributed by atoms with Crippen LogP contribution in [0.1, 0.15) is 0 Å². The molecule has 3 nitrogen and oxygen atoms in total. The maximum Gasteiger partial charge on any atom is 3.00 e. The van der Waals surface area contributed by atoms with Crippen molar-refractivity contribution in [2.24, 2.45) is 0 Å². The topological polar surface area (TPSA) is 63.2 Å². The van der Waals surface area contributed by atoms with E-state index < -0.39 is 9.17 Å². The van der Waals surface area contributed by atoms with Crippen LogP contribution in [-0.4, -0.2) is 35.4 Å². The smallest absolute Gasteiger partial charge is 0.672 e. The summed E-state index contributed by atoms with van der Waals surface area (Å²) < 4.78 is 8.52. The van der Waals surface area contributed by atoms with Gasteiger partial charge >= 0.3 is 74.1 Å². The molecule has 0 aromatic carbocycles. The summed E-state index contributed by atoms with van der Waals surface area (Å²) in [6, 6.07) is 0. The molecule has 7 heteroatoms. The third-order valence-corrected chi connectivity index (χ3v) is 0. The van der Waals surface area contributed by atoms with Crippen molar-refractivity contribution in [2.75, 3.05) is 0 Å². The molecule has 0 aliphatic rings. The average molecular weight is 424 g/mol. The monoisotopic (exact) mass is 423 g/mol. The van der Waals surface area contributed by atoms with Crippen LogP contribution in [0.15, 0.2) is 0 Å². The summed E-state index contributed by atoms with van der Waals surface area (Å²) >= 11 is 0. The molecule has 0 unspecified atom stereocenters. The van der Waals surface area contributed by atoms with E-state index >= 15 is 0 Å². The minimum absolute atomic E-state index is 0. The van der Waals surface area contributed by atoms with Gasteiger partial charge in [-0.1, -0.05) is 0 Å². The Hall–Kier alpha value is 2.10. The van der Waals surface area contributed by atoms with Crippen LogP contribution in [0, 0.1) is 0 Å². The van der Waals surface area contributed by atoms with Crippen molar-refractivity contribution in [1.29, 1.82) is 0 Å². The molecule has 0 fully saturated rings. The van der Waals surface area contributed by atoms with Gasteiger partial charge in [0.1, 0.15) is 0 Å². The quantitative estimate of drug-likeness (QED) is 0.384. The Kier molecular flexibility index (Phi) is 51.5. The summed E-state index contributed by atoms with van der Waals surface area (Å²) in [4.78, 5) is 17.0. The van der Waals surface area contributed by atoms with Crippen molar-refractivity contribution in [3.63, 3.8) is 0 Å². The predicted octanol–water partition coefficient (Wildman–Crippen LogP) is -3.26. The minimum Gasteiger partial charge on any atom is -0.672 e. The van der Waals surface area contributed by atoms with Gasteiger partial charge in [0, 0.05) is 9.17 Å². The largest absolute Gasteiger partial charge is 3.00 e. The van der Waals surface area contributed by atoms with Gasteiger partial charge in [-0.3, -0.25) is 0 Å². The maximum absolute atomic E-state index is 8.52. The van der Waals surface area contributed by atoms with E-state index in [1.54, 1.807) is 0 Å². The van der Waals surface area contributed by atoms with Crippen LogP contribution in [0.4, 0.5) is 0 Å². The second-order valence-corrected chi connectivity index (χ2v) is 0.750. The fourth-order valence-electron chi connectivity index (χ4n) is 0. The second-order valence-electron chi connectivity index (χ2n) is 0.250. The van der Waals surface area contributed by atoms with Crippen LogP contribution in [-0.2, 0) is 52.4 Å². The molecule has 0 heterocycles. The van der Waals surface area contributed by atoms with Gasteiger partial charge in [0.05, 0.1) is 0 Å². The van der Waals surface area contributed by atoms with E-state index in [0.29, 0.717) is 0 Å². The minimum atomic E-state index is -3.63. The second kappa shape index (κ2) is 15.7. The summed E-state index contributed by atoms with van der Waals surface area (Å²) in [5, 5.41) is 0. The van der Waals surface area contributed by atoms with Crippen molar-refractivity contribution in [2.45, 2.75) is 0 Å². The molecule has 0 spiro atoms. The predicted molar refractivity (Wildman–Crippen MR) is 12.2 cm³/mol. The van der Waals surface area contributed by atoms with Crippen molar-refractivity contribution in [3.8, 4) is 0 Å². The molecule has 30 valence electrons. The first-order valence-electron chi connectivity index (χ1n) is 0.612. The summed E-state index contributed by atoms with van der Waals surface area (Å²) in [5.74, 6) is 0. The molecule has 0 atom stereocenters. The Labute approximate surface area is 95.9 Å². The SMILES string of the molecule is O=[Si]([O-])[O-].[Bi+3].[Ti+2].[Zr+2]. The zero-order valence-corrected chi connectivity index (χ0v) is 11.7. The number of hydrogen-bond donors (Lipinski definition) is 0. The third-order valence-electron chi connectivity index (χ3n) is 0. The standard InChI is InChI=1S/Bi.O3Si.Ti.Zr/c;1-4(2)3;;/q+3;-2;2*+2. The van der Waals surface area contributed by atoms with Gasteiger partial charge < -0.3 is 14.1 Å². The molecule has 7 heavy (non-hydrogen) atoms. The number of hydrogen-bond acceptors (Lipinski definition) is 3. The van der Waals surface area contributed by atoms with Crippen molar-refractivity contribution < 1.29 is 62.0 Å². The Bertz CT molecular complexity index is 37.9. The molecule has 2 radical (unpaired) electrons. The van der Waals surface area contributed by atoms with Gasteiger partial charge in [0.25, 0.3) is 0 Å². The van der Waals surface area contributed by atoms with Crippen LogP contribution >= 0.6 is 0 Å². The Morgan fingerprint density at radius 1 is 1.29 bits per heavy atom. The molecular formula is BiO3SiTiZr+5. The summed E-state index contributed by atoms with van der Waals surface area (Å²) in [5.41, 5.74) is 0. The third kappa shape index (κ3) is 68.4. The Morgan fingerprint density at radius 2 is 1.29 bits per heavy atom. The van der Waals surface area contributed by atoms with Crippen molar-refractivity contribution >= 4 is 35.4 Å². The van der Waals surface area contributed by atoms with E-state index in [2.05, 4.69) is 0 Å². The zero-order valence-electron chi connectivity index (χ0n) is 3.17. The molecule has 0 aromatic heterocycles. The van der Waals surface area contributed by atoms with Crippen LogP contribution in [0.25, 0.3) is 0 Å². The van der Waals surface area contributed by atoms with E-state index in [1.807, 2.05) is 0 Å². The van der Waals surface area contributed by atoms with Gasteiger partial charge in [-0.05, 0) is 0 Å². The van der Waals surface area contributed by atoms with Gasteiger partial charge in [-0.15, -0.1) is 0 Å². The Morgan fingerprint density at radius 3 is 1.29 bits per heavy atom. The number of rotatable bonds is 0. The zero-order chi connectivity index (χ0) is 3.58. The molecule has 0 N–H and O–H groups in total. The first-order chi connectivity index (χ1) is 1.73. The molecule has 0 aliphatic heterocycles. The van der Waals surface area contributed by atoms with Crippen molar-refractivity contribution in [3.05, 3.63) is 0 Å². The van der Waals surface area contributed by atoms with Gasteiger partial charge in [0.2, 0.25) is 0 Å². The molecule has 0 aliphatic carbocycles. The molecule has 0 aromatic rings. The summed E-state index contributed by atoms with van der Waals surface area (Å²) in [6.07, 6.45) is 0. The van der Waals surface area contributed by atoms with E-state index in [0.717, 1.165) is 0 Å². The first-order valence-corrected chi connectivity index (χ1v) is 1.84. The molecule has 0 rings (SSSR count). The van der Waals surface area contributed by atoms with E-state index in [4.69, 9.17) is 14.1 Å². The summed E-state index contributed by atoms with van der Waals surface area (Å²) in [7, 11) is -3.63. The maximum atomic E-state index is 8.52. The fourth-order valence-corrected chi connectivity index (χ4v) is 0. The normalized spacial score (nSPS) is 3.43. The molecular weight excluding hydrogens is 424 g/mol. The van der Waals surface area contributed by atoms with Gasteiger partial charge in [-0.2, -0.15) is 0 Å². The van der Waals surface area contributed by atoms with Crippen LogP contribution in [0.3, 0.4) is 0 Å². The van der Waals surface area contributed by atoms with E-state index in [-0.39, 0.29) is 74.1 Å². The molecule has 0 amide bonds. The average Bonchev–Trinajstić information content (AvgIpc) is 0.811. The van der Waals surface area contributed by atoms with E-state index in [9.17, 15) is 0 Å². The first kappa shape index (κ1) is 23.0. The van der Waals surface area contributed by atoms with Crippen molar-refractivity contribution in [1.82, 2.24) is 0 Å². The fraction of sp³-hybridized carbons (Fsp3) is 0. The van der Waals surface area contributed by atoms with E-state index in [1.165, 1.54) is 0 Å². The molecule has 0 saturated heterocycles. The summed E-state index contributed by atoms with van der Waals surface area (Å²) in [6.45, 7) is 0. The van der Waals surface area contributed by atoms with Crippen LogP contribution < -0.4 is 9.59 Å². The molecule has 0 bridgehead atoms. The van der Waals surface area contributed by atoms with Crippen LogP contribution in [0.2, 0.25) is 0 Å².